The first-order chi connectivity index (χ1) is 11.3. The summed E-state index contributed by atoms with van der Waals surface area (Å²) in [5, 5.41) is 0. The van der Waals surface area contributed by atoms with Gasteiger partial charge in [-0.3, -0.25) is 0 Å². The summed E-state index contributed by atoms with van der Waals surface area (Å²) in [5.74, 6) is 0. The van der Waals surface area contributed by atoms with Crippen LogP contribution in [0.4, 0.5) is 5.69 Å². The van der Waals surface area contributed by atoms with E-state index < -0.39 is 0 Å². The van der Waals surface area contributed by atoms with Crippen LogP contribution in [0.1, 0.15) is 11.1 Å². The Hall–Kier alpha value is -2.00. The highest BCUT2D eigenvalue weighted by Crippen LogP contribution is 2.32. The smallest absolute Gasteiger partial charge is 0.294 e. The quantitative estimate of drug-likeness (QED) is 0.623. The molecule has 1 aliphatic heterocycles. The van der Waals surface area contributed by atoms with Gasteiger partial charge in [-0.05, 0) is 35.0 Å². The first-order valence-corrected chi connectivity index (χ1v) is 8.75. The van der Waals surface area contributed by atoms with E-state index in [1.807, 2.05) is 0 Å². The average molecular weight is 362 g/mol. The summed E-state index contributed by atoms with van der Waals surface area (Å²) in [6.45, 7) is 1.31. The number of hydrogen-bond donors (Lipinski definition) is 0. The van der Waals surface area contributed by atoms with Crippen molar-refractivity contribution in [3.8, 4) is 0 Å². The number of rotatable bonds is 3. The van der Waals surface area contributed by atoms with Gasteiger partial charge in [0.05, 0.1) is 0 Å². The minimum Gasteiger partial charge on any atom is -0.406 e. The van der Waals surface area contributed by atoms with Crippen molar-refractivity contribution in [2.45, 2.75) is 12.9 Å². The summed E-state index contributed by atoms with van der Waals surface area (Å²) in [5.41, 5.74) is 5.50. The van der Waals surface area contributed by atoms with Crippen LogP contribution in [-0.2, 0) is 12.9 Å². The van der Waals surface area contributed by atoms with E-state index in [2.05, 4.69) is 99.6 Å². The van der Waals surface area contributed by atoms with E-state index in [-0.39, 0.29) is 0 Å². The lowest BCUT2D eigenvalue weighted by molar-refractivity contribution is 1.04. The van der Waals surface area contributed by atoms with Gasteiger partial charge in [-0.15, -0.1) is 0 Å². The molecular formula is C20H17BBrN. The van der Waals surface area contributed by atoms with Crippen LogP contribution in [0.2, 0.25) is 0 Å². The number of hydrogen-bond acceptors (Lipinski definition) is 1. The molecule has 4 rings (SSSR count). The molecule has 0 fully saturated rings. The first kappa shape index (κ1) is 14.6. The second-order valence-corrected chi connectivity index (χ2v) is 6.84. The number of benzene rings is 3. The topological polar surface area (TPSA) is 3.24 Å². The summed E-state index contributed by atoms with van der Waals surface area (Å²) in [6.07, 6.45) is 1.06. The van der Waals surface area contributed by atoms with Crippen LogP contribution in [0, 0.1) is 0 Å². The van der Waals surface area contributed by atoms with Gasteiger partial charge in [0.25, 0.3) is 6.85 Å². The molecule has 0 unspecified atom stereocenters. The molecule has 0 amide bonds. The molecule has 3 aromatic rings. The van der Waals surface area contributed by atoms with Gasteiger partial charge in [0.1, 0.15) is 0 Å². The Morgan fingerprint density at radius 1 is 0.826 bits per heavy atom. The van der Waals surface area contributed by atoms with Gasteiger partial charge in [0.2, 0.25) is 0 Å². The number of halogens is 1. The molecule has 0 aromatic heterocycles. The van der Waals surface area contributed by atoms with Crippen LogP contribution < -0.4 is 10.3 Å². The molecule has 0 saturated carbocycles. The molecule has 3 aromatic carbocycles. The Kier molecular flexibility index (Phi) is 3.96. The fourth-order valence-electron chi connectivity index (χ4n) is 3.45. The highest BCUT2D eigenvalue weighted by molar-refractivity contribution is 9.10. The fraction of sp³-hybridized carbons (Fsp3) is 0.100. The zero-order chi connectivity index (χ0) is 15.6. The lowest BCUT2D eigenvalue weighted by atomic mass is 9.53. The highest BCUT2D eigenvalue weighted by atomic mass is 79.9. The molecule has 112 valence electrons. The molecule has 0 aliphatic carbocycles. The van der Waals surface area contributed by atoms with Gasteiger partial charge < -0.3 is 4.81 Å². The molecule has 1 nitrogen and oxygen atoms in total. The van der Waals surface area contributed by atoms with Crippen molar-refractivity contribution >= 4 is 33.9 Å². The SMILES string of the molecule is Brc1ccccc1B1Cc2ccccc2N1Cc1ccccc1. The maximum Gasteiger partial charge on any atom is 0.294 e. The normalized spacial score (nSPS) is 13.3. The molecule has 0 atom stereocenters. The standard InChI is InChI=1S/C20H17BBrN/c22-19-12-6-5-11-18(19)21-14-17-10-4-7-13-20(17)23(21)15-16-8-2-1-3-9-16/h1-13H,14-15H2. The van der Waals surface area contributed by atoms with Gasteiger partial charge in [-0.25, -0.2) is 0 Å². The lowest BCUT2D eigenvalue weighted by Crippen LogP contribution is -2.46. The summed E-state index contributed by atoms with van der Waals surface area (Å²) < 4.78 is 1.19. The Labute approximate surface area is 146 Å². The molecule has 0 bridgehead atoms. The summed E-state index contributed by atoms with van der Waals surface area (Å²) in [4.78, 5) is 2.53. The minimum atomic E-state index is 0.378. The number of anilines is 1. The number of para-hydroxylation sites is 1. The predicted molar refractivity (Wildman–Crippen MR) is 102 cm³/mol. The van der Waals surface area contributed by atoms with Crippen LogP contribution in [-0.4, -0.2) is 6.85 Å². The maximum atomic E-state index is 3.74. The van der Waals surface area contributed by atoms with Crippen LogP contribution in [0.3, 0.4) is 0 Å². The summed E-state index contributed by atoms with van der Waals surface area (Å²) in [7, 11) is 0. The van der Waals surface area contributed by atoms with Crippen LogP contribution >= 0.6 is 15.9 Å². The maximum absolute atomic E-state index is 3.74. The van der Waals surface area contributed by atoms with E-state index in [0.717, 1.165) is 12.9 Å². The predicted octanol–water partition coefficient (Wildman–Crippen LogP) is 4.45. The highest BCUT2D eigenvalue weighted by Gasteiger charge is 2.35. The van der Waals surface area contributed by atoms with Gasteiger partial charge in [-0.2, -0.15) is 0 Å². The monoisotopic (exact) mass is 361 g/mol. The second kappa shape index (κ2) is 6.25. The molecule has 0 radical (unpaired) electrons. The van der Waals surface area contributed by atoms with E-state index in [1.165, 1.54) is 26.7 Å². The molecule has 1 aliphatic rings. The molecule has 0 spiro atoms. The molecule has 1 heterocycles. The number of fused-ring (bicyclic) bond motifs is 1. The molecule has 23 heavy (non-hydrogen) atoms. The third-order valence-corrected chi connectivity index (χ3v) is 5.27. The molecular weight excluding hydrogens is 345 g/mol. The summed E-state index contributed by atoms with van der Waals surface area (Å²) in [6, 6.07) is 28.1. The van der Waals surface area contributed by atoms with Gasteiger partial charge in [-0.1, -0.05) is 82.7 Å². The van der Waals surface area contributed by atoms with Crippen LogP contribution in [0.25, 0.3) is 0 Å². The van der Waals surface area contributed by atoms with Gasteiger partial charge in [0, 0.05) is 16.7 Å². The van der Waals surface area contributed by atoms with Crippen molar-refractivity contribution in [3.63, 3.8) is 0 Å². The van der Waals surface area contributed by atoms with Gasteiger partial charge >= 0.3 is 0 Å². The second-order valence-electron chi connectivity index (χ2n) is 5.98. The van der Waals surface area contributed by atoms with Crippen LogP contribution in [0.5, 0.6) is 0 Å². The van der Waals surface area contributed by atoms with Gasteiger partial charge in [0.15, 0.2) is 0 Å². The zero-order valence-electron chi connectivity index (χ0n) is 12.8. The van der Waals surface area contributed by atoms with Crippen LogP contribution in [0.15, 0.2) is 83.3 Å². The van der Waals surface area contributed by atoms with Crippen molar-refractivity contribution in [2.24, 2.45) is 0 Å². The molecule has 0 saturated heterocycles. The minimum absolute atomic E-state index is 0.378. The average Bonchev–Trinajstić information content (AvgIpc) is 2.95. The Bertz CT molecular complexity index is 819. The lowest BCUT2D eigenvalue weighted by Gasteiger charge is -2.27. The Balaban J connectivity index is 1.75. The molecule has 0 N–H and O–H groups in total. The van der Waals surface area contributed by atoms with E-state index in [4.69, 9.17) is 0 Å². The number of nitrogens with zero attached hydrogens (tertiary/aromatic N) is 1. The molecule has 3 heteroatoms. The largest absolute Gasteiger partial charge is 0.406 e. The Morgan fingerprint density at radius 3 is 2.35 bits per heavy atom. The van der Waals surface area contributed by atoms with Crippen molar-refractivity contribution in [1.29, 1.82) is 0 Å². The summed E-state index contributed by atoms with van der Waals surface area (Å²) >= 11 is 3.74. The van der Waals surface area contributed by atoms with E-state index in [0.29, 0.717) is 6.85 Å². The van der Waals surface area contributed by atoms with E-state index in [9.17, 15) is 0 Å². The first-order valence-electron chi connectivity index (χ1n) is 7.96. The fourth-order valence-corrected chi connectivity index (χ4v) is 4.00. The van der Waals surface area contributed by atoms with E-state index in [1.54, 1.807) is 0 Å². The van der Waals surface area contributed by atoms with Crippen molar-refractivity contribution in [1.82, 2.24) is 0 Å². The van der Waals surface area contributed by atoms with Crippen molar-refractivity contribution in [3.05, 3.63) is 94.5 Å². The Morgan fingerprint density at radius 2 is 1.52 bits per heavy atom. The third-order valence-electron chi connectivity index (χ3n) is 4.55. The van der Waals surface area contributed by atoms with Crippen molar-refractivity contribution < 1.29 is 0 Å². The third kappa shape index (κ3) is 2.81. The van der Waals surface area contributed by atoms with Crippen molar-refractivity contribution in [2.75, 3.05) is 4.81 Å². The zero-order valence-corrected chi connectivity index (χ0v) is 14.4. The van der Waals surface area contributed by atoms with E-state index >= 15 is 0 Å².